The van der Waals surface area contributed by atoms with Gasteiger partial charge in [-0.2, -0.15) is 0 Å². The minimum absolute atomic E-state index is 0.0271. The van der Waals surface area contributed by atoms with Crippen molar-refractivity contribution >= 4 is 29.8 Å². The molecule has 0 amide bonds. The smallest absolute Gasteiger partial charge is 0.438 e. The van der Waals surface area contributed by atoms with Crippen molar-refractivity contribution in [2.75, 3.05) is 13.7 Å². The molecule has 10 nitrogen and oxygen atoms in total. The van der Waals surface area contributed by atoms with Crippen molar-refractivity contribution in [3.8, 4) is 0 Å². The first-order valence-corrected chi connectivity index (χ1v) is 13.7. The second-order valence-electron chi connectivity index (χ2n) is 11.7. The van der Waals surface area contributed by atoms with Crippen molar-refractivity contribution in [3.63, 3.8) is 0 Å². The third-order valence-electron chi connectivity index (χ3n) is 9.74. The lowest BCUT2D eigenvalue weighted by Gasteiger charge is -2.59. The van der Waals surface area contributed by atoms with Gasteiger partial charge in [0.25, 0.3) is 0 Å². The Bertz CT molecular complexity index is 1110. The van der Waals surface area contributed by atoms with Crippen LogP contribution in [0.5, 0.6) is 0 Å². The number of rotatable bonds is 7. The summed E-state index contributed by atoms with van der Waals surface area (Å²) in [4.78, 5) is 62.5. The second-order valence-corrected chi connectivity index (χ2v) is 11.7. The highest BCUT2D eigenvalue weighted by Gasteiger charge is 2.70. The lowest BCUT2D eigenvalue weighted by Crippen LogP contribution is -2.63. The molecule has 4 rings (SSSR count). The Morgan fingerprint density at radius 1 is 1.13 bits per heavy atom. The summed E-state index contributed by atoms with van der Waals surface area (Å²) in [5.41, 5.74) is -2.32. The van der Waals surface area contributed by atoms with Gasteiger partial charge in [-0.05, 0) is 62.5 Å². The van der Waals surface area contributed by atoms with E-state index in [0.717, 1.165) is 19.1 Å². The van der Waals surface area contributed by atoms with E-state index >= 15 is 0 Å². The fourth-order valence-corrected chi connectivity index (χ4v) is 7.92. The van der Waals surface area contributed by atoms with Gasteiger partial charge in [0, 0.05) is 23.2 Å². The van der Waals surface area contributed by atoms with Crippen LogP contribution >= 0.6 is 0 Å². The van der Waals surface area contributed by atoms with Crippen LogP contribution < -0.4 is 0 Å². The number of ether oxygens (including phenoxy) is 4. The number of esters is 1. The normalized spacial score (nSPS) is 36.5. The molecule has 4 aliphatic rings. The van der Waals surface area contributed by atoms with E-state index in [9.17, 15) is 29.1 Å². The maximum absolute atomic E-state index is 13.7. The molecule has 214 valence electrons. The summed E-state index contributed by atoms with van der Waals surface area (Å²) in [5, 5.41) is 11.6. The molecule has 0 aromatic rings. The first-order chi connectivity index (χ1) is 18.4. The summed E-state index contributed by atoms with van der Waals surface area (Å²) in [6.07, 6.45) is 5.34. The van der Waals surface area contributed by atoms with Crippen molar-refractivity contribution in [1.82, 2.24) is 0 Å². The lowest BCUT2D eigenvalue weighted by molar-refractivity contribution is -0.185. The first-order valence-electron chi connectivity index (χ1n) is 13.7. The largest absolute Gasteiger partial charge is 0.517 e. The minimum atomic E-state index is -1.78. The van der Waals surface area contributed by atoms with Crippen molar-refractivity contribution in [2.45, 2.75) is 83.8 Å². The molecule has 1 N–H and O–H groups in total. The summed E-state index contributed by atoms with van der Waals surface area (Å²) in [7, 11) is 1.11. The zero-order chi connectivity index (χ0) is 28.6. The highest BCUT2D eigenvalue weighted by atomic mass is 16.8. The Morgan fingerprint density at radius 2 is 1.87 bits per heavy atom. The summed E-state index contributed by atoms with van der Waals surface area (Å²) in [6.45, 7) is 5.05. The van der Waals surface area contributed by atoms with E-state index in [0.29, 0.717) is 25.7 Å². The Hall–Kier alpha value is -3.01. The third-order valence-corrected chi connectivity index (χ3v) is 9.74. The molecule has 39 heavy (non-hydrogen) atoms. The van der Waals surface area contributed by atoms with E-state index in [4.69, 9.17) is 14.2 Å². The van der Waals surface area contributed by atoms with Crippen LogP contribution in [0.15, 0.2) is 23.8 Å². The number of fused-ring (bicyclic) bond motifs is 5. The van der Waals surface area contributed by atoms with Gasteiger partial charge < -0.3 is 24.1 Å². The Balaban J connectivity index is 1.66. The number of unbranched alkanes of at least 4 members (excludes halogenated alkanes) is 1. The van der Waals surface area contributed by atoms with Crippen LogP contribution in [0.4, 0.5) is 9.59 Å². The fraction of sp³-hybridized carbons (Fsp3) is 0.690. The molecule has 0 radical (unpaired) electrons. The van der Waals surface area contributed by atoms with Gasteiger partial charge in [-0.15, -0.1) is 0 Å². The van der Waals surface area contributed by atoms with E-state index in [2.05, 4.69) is 4.74 Å². The van der Waals surface area contributed by atoms with E-state index < -0.39 is 53.2 Å². The van der Waals surface area contributed by atoms with Gasteiger partial charge in [-0.1, -0.05) is 38.8 Å². The van der Waals surface area contributed by atoms with Gasteiger partial charge in [-0.3, -0.25) is 14.4 Å². The number of aliphatic hydroxyl groups excluding tert-OH is 1. The molecular formula is C29H38O10. The summed E-state index contributed by atoms with van der Waals surface area (Å²) in [5.74, 6) is -1.82. The third kappa shape index (κ3) is 4.92. The van der Waals surface area contributed by atoms with Crippen LogP contribution in [0.25, 0.3) is 0 Å². The van der Waals surface area contributed by atoms with Crippen LogP contribution in [0.1, 0.15) is 72.1 Å². The van der Waals surface area contributed by atoms with E-state index in [1.54, 1.807) is 12.2 Å². The molecule has 0 spiro atoms. The van der Waals surface area contributed by atoms with Crippen molar-refractivity contribution in [3.05, 3.63) is 23.8 Å². The molecule has 1 unspecified atom stereocenters. The minimum Gasteiger partial charge on any atom is -0.438 e. The molecule has 0 aromatic heterocycles. The second kappa shape index (κ2) is 10.9. The van der Waals surface area contributed by atoms with Gasteiger partial charge in [0.1, 0.15) is 0 Å². The molecule has 7 atom stereocenters. The predicted octanol–water partition coefficient (Wildman–Crippen LogP) is 4.23. The maximum atomic E-state index is 13.7. The van der Waals surface area contributed by atoms with E-state index in [1.807, 2.05) is 26.8 Å². The van der Waals surface area contributed by atoms with E-state index in [-0.39, 0.29) is 42.8 Å². The van der Waals surface area contributed by atoms with Gasteiger partial charge in [-0.25, -0.2) is 9.59 Å². The zero-order valence-corrected chi connectivity index (χ0v) is 23.0. The van der Waals surface area contributed by atoms with Crippen LogP contribution in [0.2, 0.25) is 0 Å². The molecule has 0 heterocycles. The van der Waals surface area contributed by atoms with Crippen molar-refractivity contribution < 1.29 is 48.0 Å². The Labute approximate surface area is 228 Å². The molecule has 0 saturated heterocycles. The molecule has 0 bridgehead atoms. The van der Waals surface area contributed by atoms with Gasteiger partial charge in [0.2, 0.25) is 5.78 Å². The first kappa shape index (κ1) is 29.0. The molecule has 10 heteroatoms. The molecule has 3 saturated carbocycles. The van der Waals surface area contributed by atoms with Crippen LogP contribution in [-0.4, -0.2) is 60.4 Å². The van der Waals surface area contributed by atoms with Crippen molar-refractivity contribution in [2.24, 2.45) is 28.6 Å². The summed E-state index contributed by atoms with van der Waals surface area (Å²) in [6, 6.07) is 0. The van der Waals surface area contributed by atoms with Gasteiger partial charge in [0.05, 0.1) is 13.2 Å². The average Bonchev–Trinajstić information content (AvgIpc) is 3.17. The summed E-state index contributed by atoms with van der Waals surface area (Å²) >= 11 is 0. The highest BCUT2D eigenvalue weighted by molar-refractivity contribution is 6.01. The molecule has 4 aliphatic carbocycles. The standard InChI is InChI=1S/C29H38O10/c1-5-6-7-23(33)38-26(35)39-29(22(32)16-37-25(34)36-4)13-11-20-19-9-8-17-14-18(30)10-12-27(17,2)24(19)21(31)15-28(20,29)3/h10,12,14,19-21,24,31H,5-9,11,13,15-16H2,1-4H3/t19-,20-,21?,24+,27-,28-,29-/m0/s1. The SMILES string of the molecule is CCCCC(=O)OC(=O)O[C@]1(C(=O)COC(=O)OC)CC[C@H]2[C@@H]3CCC4=CC(=O)C=C[C@]4(C)[C@H]3C(O)C[C@@]21C. The molecule has 0 aromatic carbocycles. The maximum Gasteiger partial charge on any atom is 0.517 e. The monoisotopic (exact) mass is 546 g/mol. The predicted molar refractivity (Wildman–Crippen MR) is 136 cm³/mol. The van der Waals surface area contributed by atoms with Gasteiger partial charge >= 0.3 is 18.3 Å². The lowest BCUT2D eigenvalue weighted by atomic mass is 9.46. The van der Waals surface area contributed by atoms with Crippen molar-refractivity contribution in [1.29, 1.82) is 0 Å². The average molecular weight is 547 g/mol. The highest BCUT2D eigenvalue weighted by Crippen LogP contribution is 2.68. The number of allylic oxidation sites excluding steroid dienone is 4. The van der Waals surface area contributed by atoms with Crippen LogP contribution in [0.3, 0.4) is 0 Å². The Kier molecular flexibility index (Phi) is 8.08. The number of carbonyl (C=O) groups excluding carboxylic acids is 5. The van der Waals surface area contributed by atoms with Crippen LogP contribution in [-0.2, 0) is 33.3 Å². The summed E-state index contributed by atoms with van der Waals surface area (Å²) < 4.78 is 20.1. The number of hydrogen-bond acceptors (Lipinski definition) is 10. The number of aliphatic hydroxyl groups is 1. The molecular weight excluding hydrogens is 508 g/mol. The molecule has 0 aliphatic heterocycles. The van der Waals surface area contributed by atoms with Crippen LogP contribution in [0, 0.1) is 28.6 Å². The number of Topliss-reactive ketones (excluding diaryl/α,β-unsaturated/α-hetero) is 1. The Morgan fingerprint density at radius 3 is 2.56 bits per heavy atom. The topological polar surface area (TPSA) is 143 Å². The zero-order valence-electron chi connectivity index (χ0n) is 23.0. The molecule has 3 fully saturated rings. The van der Waals surface area contributed by atoms with E-state index in [1.165, 1.54) is 0 Å². The number of methoxy groups -OCH3 is 1. The number of ketones is 2. The quantitative estimate of drug-likeness (QED) is 0.364. The number of carbonyl (C=O) groups is 5. The van der Waals surface area contributed by atoms with Gasteiger partial charge in [0.15, 0.2) is 18.0 Å². The fourth-order valence-electron chi connectivity index (χ4n) is 7.92. The number of hydrogen-bond donors (Lipinski definition) is 1.